The van der Waals surface area contributed by atoms with E-state index in [1.54, 1.807) is 12.3 Å². The molecule has 1 unspecified atom stereocenters. The standard InChI is InChI=1S/C15H18Br2FN3/c1-3-8-19-14(10-6-5-7-11(16)13(10)18)15-12(17)9-20-21(15)4-2/h5-7,9,14,19H,3-4,8H2,1-2H3. The van der Waals surface area contributed by atoms with Crippen LogP contribution in [0.25, 0.3) is 0 Å². The van der Waals surface area contributed by atoms with Crippen LogP contribution in [0.15, 0.2) is 33.3 Å². The fourth-order valence-corrected chi connectivity index (χ4v) is 3.20. The van der Waals surface area contributed by atoms with Crippen LogP contribution in [-0.4, -0.2) is 16.3 Å². The average Bonchev–Trinajstić information content (AvgIpc) is 2.85. The lowest BCUT2D eigenvalue weighted by Crippen LogP contribution is -2.27. The molecule has 1 N–H and O–H groups in total. The van der Waals surface area contributed by atoms with Gasteiger partial charge in [-0.1, -0.05) is 19.1 Å². The highest BCUT2D eigenvalue weighted by Gasteiger charge is 2.24. The summed E-state index contributed by atoms with van der Waals surface area (Å²) >= 11 is 6.80. The first-order chi connectivity index (χ1) is 10.1. The SMILES string of the molecule is CCCNC(c1cccc(Br)c1F)c1c(Br)cnn1CC. The van der Waals surface area contributed by atoms with Gasteiger partial charge >= 0.3 is 0 Å². The normalized spacial score (nSPS) is 12.6. The highest BCUT2D eigenvalue weighted by atomic mass is 79.9. The van der Waals surface area contributed by atoms with E-state index < -0.39 is 0 Å². The van der Waals surface area contributed by atoms with Crippen LogP contribution in [-0.2, 0) is 6.54 Å². The third kappa shape index (κ3) is 3.55. The van der Waals surface area contributed by atoms with Crippen molar-refractivity contribution < 1.29 is 4.39 Å². The third-order valence-corrected chi connectivity index (χ3v) is 4.52. The van der Waals surface area contributed by atoms with Gasteiger partial charge in [0.15, 0.2) is 0 Å². The van der Waals surface area contributed by atoms with E-state index in [-0.39, 0.29) is 11.9 Å². The van der Waals surface area contributed by atoms with Crippen molar-refractivity contribution in [1.82, 2.24) is 15.1 Å². The number of benzene rings is 1. The van der Waals surface area contributed by atoms with Crippen molar-refractivity contribution in [3.63, 3.8) is 0 Å². The average molecular weight is 419 g/mol. The maximum absolute atomic E-state index is 14.5. The zero-order chi connectivity index (χ0) is 15.4. The molecule has 0 saturated heterocycles. The van der Waals surface area contributed by atoms with Crippen LogP contribution in [0.3, 0.4) is 0 Å². The van der Waals surface area contributed by atoms with Gasteiger partial charge in [0.1, 0.15) is 5.82 Å². The summed E-state index contributed by atoms with van der Waals surface area (Å²) in [5, 5.41) is 7.76. The van der Waals surface area contributed by atoms with Crippen LogP contribution in [0, 0.1) is 5.82 Å². The van der Waals surface area contributed by atoms with E-state index in [4.69, 9.17) is 0 Å². The molecule has 1 aromatic heterocycles. The van der Waals surface area contributed by atoms with Crippen molar-refractivity contribution in [3.8, 4) is 0 Å². The number of halogens is 3. The monoisotopic (exact) mass is 417 g/mol. The number of hydrogen-bond acceptors (Lipinski definition) is 2. The molecule has 114 valence electrons. The summed E-state index contributed by atoms with van der Waals surface area (Å²) < 4.78 is 17.8. The van der Waals surface area contributed by atoms with E-state index in [0.29, 0.717) is 10.0 Å². The molecule has 0 bridgehead atoms. The van der Waals surface area contributed by atoms with Gasteiger partial charge in [0.2, 0.25) is 0 Å². The Morgan fingerprint density at radius 3 is 2.71 bits per heavy atom. The molecule has 0 spiro atoms. The van der Waals surface area contributed by atoms with E-state index in [1.807, 2.05) is 23.7 Å². The molecule has 3 nitrogen and oxygen atoms in total. The van der Waals surface area contributed by atoms with Gasteiger partial charge in [0.05, 0.1) is 26.9 Å². The van der Waals surface area contributed by atoms with Crippen LogP contribution in [0.1, 0.15) is 37.6 Å². The number of nitrogens with zero attached hydrogens (tertiary/aromatic N) is 2. The summed E-state index contributed by atoms with van der Waals surface area (Å²) in [5.41, 5.74) is 1.57. The molecule has 0 radical (unpaired) electrons. The molecule has 2 aromatic rings. The smallest absolute Gasteiger partial charge is 0.142 e. The van der Waals surface area contributed by atoms with Crippen LogP contribution in [0.4, 0.5) is 4.39 Å². The Kier molecular flexibility index (Phi) is 5.96. The number of rotatable bonds is 6. The fraction of sp³-hybridized carbons (Fsp3) is 0.400. The predicted molar refractivity (Wildman–Crippen MR) is 89.8 cm³/mol. The quantitative estimate of drug-likeness (QED) is 0.739. The molecule has 0 aliphatic rings. The van der Waals surface area contributed by atoms with E-state index in [0.717, 1.165) is 29.7 Å². The van der Waals surface area contributed by atoms with Crippen molar-refractivity contribution in [2.45, 2.75) is 32.9 Å². The second-order valence-corrected chi connectivity index (χ2v) is 6.43. The van der Waals surface area contributed by atoms with Gasteiger partial charge in [-0.25, -0.2) is 4.39 Å². The molecule has 0 amide bonds. The first-order valence-electron chi connectivity index (χ1n) is 6.98. The Labute approximate surface area is 141 Å². The summed E-state index contributed by atoms with van der Waals surface area (Å²) in [7, 11) is 0. The summed E-state index contributed by atoms with van der Waals surface area (Å²) in [6.07, 6.45) is 2.74. The highest BCUT2D eigenvalue weighted by Crippen LogP contribution is 2.32. The zero-order valence-electron chi connectivity index (χ0n) is 12.0. The molecule has 1 atom stereocenters. The second-order valence-electron chi connectivity index (χ2n) is 4.72. The van der Waals surface area contributed by atoms with Gasteiger partial charge in [-0.2, -0.15) is 5.10 Å². The molecule has 0 aliphatic carbocycles. The van der Waals surface area contributed by atoms with Crippen LogP contribution < -0.4 is 5.32 Å². The Balaban J connectivity index is 2.52. The first kappa shape index (κ1) is 16.6. The zero-order valence-corrected chi connectivity index (χ0v) is 15.2. The lowest BCUT2D eigenvalue weighted by molar-refractivity contribution is 0.502. The molecule has 0 saturated carbocycles. The number of aryl methyl sites for hydroxylation is 1. The summed E-state index contributed by atoms with van der Waals surface area (Å²) in [4.78, 5) is 0. The van der Waals surface area contributed by atoms with Crippen molar-refractivity contribution in [1.29, 1.82) is 0 Å². The van der Waals surface area contributed by atoms with Crippen molar-refractivity contribution in [2.75, 3.05) is 6.54 Å². The van der Waals surface area contributed by atoms with E-state index >= 15 is 0 Å². The molecule has 1 heterocycles. The van der Waals surface area contributed by atoms with Gasteiger partial charge in [-0.3, -0.25) is 4.68 Å². The molecule has 0 fully saturated rings. The van der Waals surface area contributed by atoms with Gasteiger partial charge in [-0.05, 0) is 57.8 Å². The Morgan fingerprint density at radius 2 is 2.05 bits per heavy atom. The second kappa shape index (κ2) is 7.51. The van der Waals surface area contributed by atoms with Crippen LogP contribution in [0.2, 0.25) is 0 Å². The molecule has 1 aromatic carbocycles. The minimum atomic E-state index is -0.237. The maximum atomic E-state index is 14.5. The number of aromatic nitrogens is 2. The molecule has 21 heavy (non-hydrogen) atoms. The number of hydrogen-bond donors (Lipinski definition) is 1. The molecule has 2 rings (SSSR count). The fourth-order valence-electron chi connectivity index (χ4n) is 2.30. The Hall–Kier alpha value is -0.720. The maximum Gasteiger partial charge on any atom is 0.142 e. The van der Waals surface area contributed by atoms with Crippen LogP contribution >= 0.6 is 31.9 Å². The molecule has 6 heteroatoms. The molecule has 0 aliphatic heterocycles. The van der Waals surface area contributed by atoms with Crippen LogP contribution in [0.5, 0.6) is 0 Å². The van der Waals surface area contributed by atoms with E-state index in [1.165, 1.54) is 0 Å². The van der Waals surface area contributed by atoms with Gasteiger partial charge in [0.25, 0.3) is 0 Å². The van der Waals surface area contributed by atoms with Gasteiger partial charge < -0.3 is 5.32 Å². The van der Waals surface area contributed by atoms with Gasteiger partial charge in [0, 0.05) is 12.1 Å². The van der Waals surface area contributed by atoms with Crippen molar-refractivity contribution in [3.05, 3.63) is 50.4 Å². The van der Waals surface area contributed by atoms with E-state index in [9.17, 15) is 4.39 Å². The lowest BCUT2D eigenvalue weighted by Gasteiger charge is -2.21. The molecular formula is C15H18Br2FN3. The van der Waals surface area contributed by atoms with Crippen molar-refractivity contribution >= 4 is 31.9 Å². The largest absolute Gasteiger partial charge is 0.305 e. The predicted octanol–water partition coefficient (Wildman–Crippen LogP) is 4.66. The topological polar surface area (TPSA) is 29.9 Å². The summed E-state index contributed by atoms with van der Waals surface area (Å²) in [6, 6.07) is 5.14. The Morgan fingerprint density at radius 1 is 1.29 bits per heavy atom. The molecular weight excluding hydrogens is 401 g/mol. The first-order valence-corrected chi connectivity index (χ1v) is 8.57. The minimum Gasteiger partial charge on any atom is -0.305 e. The summed E-state index contributed by atoms with van der Waals surface area (Å²) in [5.74, 6) is -0.234. The minimum absolute atomic E-state index is 0.234. The highest BCUT2D eigenvalue weighted by molar-refractivity contribution is 9.10. The number of nitrogens with one attached hydrogen (secondary N) is 1. The Bertz CT molecular complexity index is 613. The third-order valence-electron chi connectivity index (χ3n) is 3.30. The van der Waals surface area contributed by atoms with E-state index in [2.05, 4.69) is 49.2 Å². The summed E-state index contributed by atoms with van der Waals surface area (Å²) in [6.45, 7) is 5.66. The van der Waals surface area contributed by atoms with Gasteiger partial charge in [-0.15, -0.1) is 0 Å². The lowest BCUT2D eigenvalue weighted by atomic mass is 10.0. The van der Waals surface area contributed by atoms with Crippen molar-refractivity contribution in [2.24, 2.45) is 0 Å².